The first kappa shape index (κ1) is 17.5. The van der Waals surface area contributed by atoms with Crippen molar-refractivity contribution in [1.29, 1.82) is 0 Å². The van der Waals surface area contributed by atoms with Crippen LogP contribution < -0.4 is 5.32 Å². The van der Waals surface area contributed by atoms with Gasteiger partial charge in [0.1, 0.15) is 9.71 Å². The van der Waals surface area contributed by atoms with Crippen molar-refractivity contribution in [2.45, 2.75) is 26.8 Å². The number of aryl methyl sites for hydroxylation is 2. The molecular weight excluding hydrogens is 354 g/mol. The summed E-state index contributed by atoms with van der Waals surface area (Å²) in [6.45, 7) is 6.12. The van der Waals surface area contributed by atoms with Gasteiger partial charge in [-0.15, -0.1) is 11.3 Å². The van der Waals surface area contributed by atoms with Crippen LogP contribution in [0.2, 0.25) is 0 Å². The maximum Gasteiger partial charge on any atom is 0.264 e. The second-order valence-electron chi connectivity index (χ2n) is 6.69. The van der Waals surface area contributed by atoms with Crippen LogP contribution in [0.15, 0.2) is 60.8 Å². The third-order valence-electron chi connectivity index (χ3n) is 4.79. The number of pyridine rings is 1. The van der Waals surface area contributed by atoms with E-state index < -0.39 is 0 Å². The van der Waals surface area contributed by atoms with E-state index in [-0.39, 0.29) is 11.9 Å². The van der Waals surface area contributed by atoms with Crippen LogP contribution in [-0.4, -0.2) is 15.5 Å². The molecule has 1 N–H and O–H groups in total. The van der Waals surface area contributed by atoms with Crippen molar-refractivity contribution in [2.24, 2.45) is 0 Å². The maximum atomic E-state index is 13.2. The maximum absolute atomic E-state index is 13.2. The van der Waals surface area contributed by atoms with Gasteiger partial charge in [0.2, 0.25) is 0 Å². The molecule has 0 aliphatic heterocycles. The number of hydrogen-bond acceptors (Lipinski definition) is 3. The van der Waals surface area contributed by atoms with Gasteiger partial charge in [-0.2, -0.15) is 0 Å². The van der Waals surface area contributed by atoms with E-state index in [1.165, 1.54) is 11.3 Å². The lowest BCUT2D eigenvalue weighted by Gasteiger charge is -2.16. The first-order valence-corrected chi connectivity index (χ1v) is 9.76. The minimum atomic E-state index is -0.0726. The van der Waals surface area contributed by atoms with Crippen LogP contribution >= 0.6 is 11.3 Å². The second kappa shape index (κ2) is 7.00. The summed E-state index contributed by atoms with van der Waals surface area (Å²) in [6, 6.07) is 18.0. The number of hydrogen-bond donors (Lipinski definition) is 1. The molecule has 136 valence electrons. The zero-order valence-electron chi connectivity index (χ0n) is 15.6. The van der Waals surface area contributed by atoms with Gasteiger partial charge in [-0.3, -0.25) is 4.79 Å². The fraction of sp³-hybridized carbons (Fsp3) is 0.182. The number of amides is 1. The largest absolute Gasteiger partial charge is 0.345 e. The highest BCUT2D eigenvalue weighted by atomic mass is 32.1. The van der Waals surface area contributed by atoms with Crippen molar-refractivity contribution < 1.29 is 4.79 Å². The third kappa shape index (κ3) is 3.15. The molecule has 5 heteroatoms. The Balaban J connectivity index is 1.80. The monoisotopic (exact) mass is 375 g/mol. The Hall–Kier alpha value is -2.92. The number of thiophene rings is 1. The smallest absolute Gasteiger partial charge is 0.264 e. The number of nitrogens with one attached hydrogen (secondary N) is 1. The Morgan fingerprint density at radius 1 is 1.04 bits per heavy atom. The van der Waals surface area contributed by atoms with Crippen molar-refractivity contribution in [1.82, 2.24) is 14.9 Å². The molecule has 4 aromatic rings. The van der Waals surface area contributed by atoms with Gasteiger partial charge in [0.25, 0.3) is 5.91 Å². The Kier molecular flexibility index (Phi) is 4.54. The molecule has 0 saturated carbocycles. The topological polar surface area (TPSA) is 46.9 Å². The van der Waals surface area contributed by atoms with Gasteiger partial charge in [0.15, 0.2) is 0 Å². The van der Waals surface area contributed by atoms with Crippen LogP contribution in [0, 0.1) is 13.8 Å². The molecule has 3 heterocycles. The molecule has 0 fully saturated rings. The highest BCUT2D eigenvalue weighted by molar-refractivity contribution is 7.21. The Morgan fingerprint density at radius 3 is 2.44 bits per heavy atom. The average Bonchev–Trinajstić information content (AvgIpc) is 3.22. The molecule has 1 amide bonds. The molecule has 0 aliphatic rings. The zero-order valence-corrected chi connectivity index (χ0v) is 16.4. The summed E-state index contributed by atoms with van der Waals surface area (Å²) >= 11 is 1.44. The van der Waals surface area contributed by atoms with Gasteiger partial charge in [-0.05, 0) is 50.6 Å². The molecule has 0 aliphatic carbocycles. The molecule has 1 atom stereocenters. The van der Waals surface area contributed by atoms with Crippen LogP contribution in [0.25, 0.3) is 15.9 Å². The van der Waals surface area contributed by atoms with Crippen LogP contribution in [0.4, 0.5) is 0 Å². The molecule has 0 saturated heterocycles. The molecule has 4 rings (SSSR count). The summed E-state index contributed by atoms with van der Waals surface area (Å²) in [7, 11) is 0. The molecule has 0 spiro atoms. The number of rotatable bonds is 4. The van der Waals surface area contributed by atoms with Crippen molar-refractivity contribution in [3.8, 4) is 5.69 Å². The number of benzene rings is 1. The SMILES string of the molecule is Cc1ccc(C)n1-c1c(C(=O)NC(C)c2ccccc2)sc2ncccc12. The van der Waals surface area contributed by atoms with E-state index in [1.54, 1.807) is 6.20 Å². The summed E-state index contributed by atoms with van der Waals surface area (Å²) in [5.74, 6) is -0.0724. The van der Waals surface area contributed by atoms with Gasteiger partial charge in [-0.25, -0.2) is 4.98 Å². The summed E-state index contributed by atoms with van der Waals surface area (Å²) in [5.41, 5.74) is 4.20. The lowest BCUT2D eigenvalue weighted by molar-refractivity contribution is 0.0944. The van der Waals surface area contributed by atoms with Gasteiger partial charge in [0.05, 0.1) is 11.7 Å². The van der Waals surface area contributed by atoms with Crippen LogP contribution in [0.5, 0.6) is 0 Å². The second-order valence-corrected chi connectivity index (χ2v) is 7.69. The Morgan fingerprint density at radius 2 is 1.74 bits per heavy atom. The van der Waals surface area contributed by atoms with Gasteiger partial charge >= 0.3 is 0 Å². The van der Waals surface area contributed by atoms with Crippen LogP contribution in [0.3, 0.4) is 0 Å². The van der Waals surface area contributed by atoms with Crippen LogP contribution in [-0.2, 0) is 0 Å². The molecule has 1 unspecified atom stereocenters. The molecule has 1 aromatic carbocycles. The standard InChI is InChI=1S/C22H21N3OS/c1-14-11-12-15(2)25(14)19-18-10-7-13-23-22(18)27-20(19)21(26)24-16(3)17-8-5-4-6-9-17/h4-13,16H,1-3H3,(H,24,26). The highest BCUT2D eigenvalue weighted by Crippen LogP contribution is 2.35. The summed E-state index contributed by atoms with van der Waals surface area (Å²) in [4.78, 5) is 19.2. The molecular formula is C22H21N3OS. The van der Waals surface area contributed by atoms with Gasteiger partial charge in [-0.1, -0.05) is 30.3 Å². The highest BCUT2D eigenvalue weighted by Gasteiger charge is 2.23. The summed E-state index contributed by atoms with van der Waals surface area (Å²) < 4.78 is 2.14. The first-order valence-electron chi connectivity index (χ1n) is 8.95. The Labute approximate surface area is 162 Å². The molecule has 3 aromatic heterocycles. The average molecular weight is 375 g/mol. The molecule has 0 radical (unpaired) electrons. The lowest BCUT2D eigenvalue weighted by Crippen LogP contribution is -2.26. The van der Waals surface area contributed by atoms with Gasteiger partial charge < -0.3 is 9.88 Å². The third-order valence-corrected chi connectivity index (χ3v) is 5.89. The summed E-state index contributed by atoms with van der Waals surface area (Å²) in [5, 5.41) is 4.15. The van der Waals surface area contributed by atoms with Crippen molar-refractivity contribution >= 4 is 27.5 Å². The number of carbonyl (C=O) groups excluding carboxylic acids is 1. The van der Waals surface area contributed by atoms with E-state index in [9.17, 15) is 4.79 Å². The van der Waals surface area contributed by atoms with E-state index in [4.69, 9.17) is 0 Å². The Bertz CT molecular complexity index is 1090. The van der Waals surface area contributed by atoms with E-state index in [0.717, 1.165) is 32.9 Å². The minimum Gasteiger partial charge on any atom is -0.345 e. The minimum absolute atomic E-state index is 0.0724. The van der Waals surface area contributed by atoms with Crippen molar-refractivity contribution in [3.05, 3.63) is 82.6 Å². The van der Waals surface area contributed by atoms with Crippen LogP contribution in [0.1, 0.15) is 39.6 Å². The van der Waals surface area contributed by atoms with E-state index >= 15 is 0 Å². The first-order chi connectivity index (χ1) is 13.1. The van der Waals surface area contributed by atoms with Gasteiger partial charge in [0, 0.05) is 23.0 Å². The normalized spacial score (nSPS) is 12.3. The molecule has 4 nitrogen and oxygen atoms in total. The number of nitrogens with zero attached hydrogens (tertiary/aromatic N) is 2. The number of fused-ring (bicyclic) bond motifs is 1. The predicted octanol–water partition coefficient (Wildman–Crippen LogP) is 5.19. The number of aromatic nitrogens is 2. The van der Waals surface area contributed by atoms with E-state index in [1.807, 2.05) is 49.4 Å². The molecule has 27 heavy (non-hydrogen) atoms. The quantitative estimate of drug-likeness (QED) is 0.533. The van der Waals surface area contributed by atoms with E-state index in [2.05, 4.69) is 40.8 Å². The molecule has 0 bridgehead atoms. The van der Waals surface area contributed by atoms with E-state index in [0.29, 0.717) is 4.88 Å². The fourth-order valence-corrected chi connectivity index (χ4v) is 4.44. The van der Waals surface area contributed by atoms with Crippen molar-refractivity contribution in [3.63, 3.8) is 0 Å². The zero-order chi connectivity index (χ0) is 19.0. The summed E-state index contributed by atoms with van der Waals surface area (Å²) in [6.07, 6.45) is 1.77. The fourth-order valence-electron chi connectivity index (χ4n) is 3.40. The van der Waals surface area contributed by atoms with Crippen molar-refractivity contribution in [2.75, 3.05) is 0 Å². The predicted molar refractivity (Wildman–Crippen MR) is 111 cm³/mol. The number of carbonyl (C=O) groups is 1. The lowest BCUT2D eigenvalue weighted by atomic mass is 10.1.